The number of phenols is 1. The molecule has 8 heteroatoms. The lowest BCUT2D eigenvalue weighted by atomic mass is 10.2. The van der Waals surface area contributed by atoms with Crippen LogP contribution >= 0.6 is 11.3 Å². The van der Waals surface area contributed by atoms with Crippen LogP contribution in [0.4, 0.5) is 5.13 Å². The number of anilines is 1. The number of hydrogen-bond donors (Lipinski definition) is 2. The van der Waals surface area contributed by atoms with Crippen LogP contribution in [-0.2, 0) is 16.0 Å². The van der Waals surface area contributed by atoms with Crippen molar-refractivity contribution in [3.05, 3.63) is 34.8 Å². The number of para-hydroxylation sites is 1. The number of hydrazone groups is 1. The maximum absolute atomic E-state index is 11.4. The van der Waals surface area contributed by atoms with Gasteiger partial charge in [-0.15, -0.1) is 11.3 Å². The van der Waals surface area contributed by atoms with E-state index in [1.54, 1.807) is 30.5 Å². The van der Waals surface area contributed by atoms with E-state index in [0.717, 1.165) is 0 Å². The number of carbonyl (C=O) groups is 1. The zero-order chi connectivity index (χ0) is 17.4. The van der Waals surface area contributed by atoms with Crippen LogP contribution in [0.15, 0.2) is 28.7 Å². The Bertz CT molecular complexity index is 715. The van der Waals surface area contributed by atoms with Gasteiger partial charge in [0.15, 0.2) is 11.5 Å². The zero-order valence-electron chi connectivity index (χ0n) is 13.5. The highest BCUT2D eigenvalue weighted by Crippen LogP contribution is 2.28. The van der Waals surface area contributed by atoms with E-state index in [2.05, 4.69) is 15.5 Å². The van der Waals surface area contributed by atoms with Crippen molar-refractivity contribution in [1.29, 1.82) is 0 Å². The van der Waals surface area contributed by atoms with E-state index in [1.807, 2.05) is 6.92 Å². The van der Waals surface area contributed by atoms with Gasteiger partial charge >= 0.3 is 5.97 Å². The Kier molecular flexibility index (Phi) is 6.56. The molecule has 0 aliphatic heterocycles. The van der Waals surface area contributed by atoms with Gasteiger partial charge < -0.3 is 14.6 Å². The zero-order valence-corrected chi connectivity index (χ0v) is 14.3. The minimum atomic E-state index is -0.310. The molecule has 0 saturated heterocycles. The highest BCUT2D eigenvalue weighted by atomic mass is 32.1. The molecule has 0 unspecified atom stereocenters. The molecule has 7 nitrogen and oxygen atoms in total. The highest BCUT2D eigenvalue weighted by Gasteiger charge is 2.08. The summed E-state index contributed by atoms with van der Waals surface area (Å²) >= 11 is 1.33. The fraction of sp³-hybridized carbons (Fsp3) is 0.312. The van der Waals surface area contributed by atoms with Gasteiger partial charge in [0.25, 0.3) is 0 Å². The number of benzene rings is 1. The number of carbonyl (C=O) groups excluding carboxylic acids is 1. The van der Waals surface area contributed by atoms with Crippen molar-refractivity contribution in [2.75, 3.05) is 18.6 Å². The first-order valence-electron chi connectivity index (χ1n) is 7.47. The first kappa shape index (κ1) is 17.7. The molecule has 0 bridgehead atoms. The lowest BCUT2D eigenvalue weighted by Gasteiger charge is -2.06. The number of nitrogens with one attached hydrogen (secondary N) is 1. The predicted molar refractivity (Wildman–Crippen MR) is 92.9 cm³/mol. The SMILES string of the molecule is CCOC(=O)Cc1csc(NN=Cc2cccc(OCC)c2O)n1. The largest absolute Gasteiger partial charge is 0.504 e. The number of aromatic hydroxyl groups is 1. The molecule has 1 aromatic carbocycles. The van der Waals surface area contributed by atoms with Gasteiger partial charge in [0.05, 0.1) is 31.5 Å². The fourth-order valence-corrected chi connectivity index (χ4v) is 2.53. The topological polar surface area (TPSA) is 93.0 Å². The van der Waals surface area contributed by atoms with E-state index in [9.17, 15) is 9.90 Å². The molecule has 0 aliphatic rings. The molecule has 2 aromatic rings. The Morgan fingerprint density at radius 2 is 2.25 bits per heavy atom. The van der Waals surface area contributed by atoms with Gasteiger partial charge in [0.2, 0.25) is 5.13 Å². The number of aromatic nitrogens is 1. The van der Waals surface area contributed by atoms with Crippen molar-refractivity contribution in [3.8, 4) is 11.5 Å². The third-order valence-electron chi connectivity index (χ3n) is 2.88. The Balaban J connectivity index is 1.96. The third-order valence-corrected chi connectivity index (χ3v) is 3.67. The summed E-state index contributed by atoms with van der Waals surface area (Å²) in [5, 5.41) is 16.4. The molecule has 0 atom stereocenters. The number of hydrogen-bond acceptors (Lipinski definition) is 8. The Morgan fingerprint density at radius 3 is 3.00 bits per heavy atom. The average molecular weight is 349 g/mol. The molecular formula is C16H19N3O4S. The summed E-state index contributed by atoms with van der Waals surface area (Å²) in [5.41, 5.74) is 3.92. The third kappa shape index (κ3) is 4.95. The molecule has 0 amide bonds. The monoisotopic (exact) mass is 349 g/mol. The van der Waals surface area contributed by atoms with Gasteiger partial charge in [-0.2, -0.15) is 5.10 Å². The minimum absolute atomic E-state index is 0.0343. The lowest BCUT2D eigenvalue weighted by molar-refractivity contribution is -0.142. The molecule has 0 saturated carbocycles. The van der Waals surface area contributed by atoms with E-state index >= 15 is 0 Å². The van der Waals surface area contributed by atoms with E-state index < -0.39 is 0 Å². The molecular weight excluding hydrogens is 330 g/mol. The fourth-order valence-electron chi connectivity index (χ4n) is 1.87. The predicted octanol–water partition coefficient (Wildman–Crippen LogP) is 2.80. The summed E-state index contributed by atoms with van der Waals surface area (Å²) in [7, 11) is 0. The summed E-state index contributed by atoms with van der Waals surface area (Å²) in [4.78, 5) is 15.6. The molecule has 1 aromatic heterocycles. The van der Waals surface area contributed by atoms with E-state index in [0.29, 0.717) is 35.4 Å². The summed E-state index contributed by atoms with van der Waals surface area (Å²) in [5.74, 6) is 0.134. The van der Waals surface area contributed by atoms with E-state index in [4.69, 9.17) is 9.47 Å². The van der Waals surface area contributed by atoms with Gasteiger partial charge in [-0.1, -0.05) is 6.07 Å². The quantitative estimate of drug-likeness (QED) is 0.432. The van der Waals surface area contributed by atoms with Crippen LogP contribution in [0.25, 0.3) is 0 Å². The van der Waals surface area contributed by atoms with Gasteiger partial charge in [0.1, 0.15) is 0 Å². The molecule has 24 heavy (non-hydrogen) atoms. The number of esters is 1. The van der Waals surface area contributed by atoms with Gasteiger partial charge in [-0.25, -0.2) is 4.98 Å². The van der Waals surface area contributed by atoms with Crippen LogP contribution in [-0.4, -0.2) is 35.5 Å². The van der Waals surface area contributed by atoms with Crippen LogP contribution in [0, 0.1) is 0 Å². The maximum atomic E-state index is 11.4. The minimum Gasteiger partial charge on any atom is -0.504 e. The number of phenolic OH excluding ortho intramolecular Hbond substituents is 1. The van der Waals surface area contributed by atoms with Gasteiger partial charge in [0, 0.05) is 10.9 Å². The van der Waals surface area contributed by atoms with E-state index in [-0.39, 0.29) is 18.1 Å². The molecule has 2 N–H and O–H groups in total. The second-order valence-electron chi connectivity index (χ2n) is 4.62. The maximum Gasteiger partial charge on any atom is 0.311 e. The van der Waals surface area contributed by atoms with Crippen LogP contribution in [0.1, 0.15) is 25.1 Å². The van der Waals surface area contributed by atoms with Crippen LogP contribution in [0.3, 0.4) is 0 Å². The smallest absolute Gasteiger partial charge is 0.311 e. The Labute approximate surface area is 144 Å². The second kappa shape index (κ2) is 8.88. The van der Waals surface area contributed by atoms with Crippen LogP contribution in [0.2, 0.25) is 0 Å². The molecule has 1 heterocycles. The molecule has 0 aliphatic carbocycles. The van der Waals surface area contributed by atoms with Crippen molar-refractivity contribution in [2.24, 2.45) is 5.10 Å². The Hall–Kier alpha value is -2.61. The van der Waals surface area contributed by atoms with Crippen molar-refractivity contribution >= 4 is 28.7 Å². The number of rotatable bonds is 8. The first-order valence-corrected chi connectivity index (χ1v) is 8.35. The van der Waals surface area contributed by atoms with Crippen LogP contribution in [0.5, 0.6) is 11.5 Å². The summed E-state index contributed by atoms with van der Waals surface area (Å²) in [6.07, 6.45) is 1.61. The molecule has 128 valence electrons. The first-order chi connectivity index (χ1) is 11.6. The van der Waals surface area contributed by atoms with Crippen molar-refractivity contribution in [3.63, 3.8) is 0 Å². The summed E-state index contributed by atoms with van der Waals surface area (Å²) < 4.78 is 10.2. The molecule has 0 radical (unpaired) electrons. The van der Waals surface area contributed by atoms with E-state index in [1.165, 1.54) is 17.6 Å². The van der Waals surface area contributed by atoms with Gasteiger partial charge in [-0.3, -0.25) is 10.2 Å². The second-order valence-corrected chi connectivity index (χ2v) is 5.48. The van der Waals surface area contributed by atoms with Gasteiger partial charge in [-0.05, 0) is 26.0 Å². The highest BCUT2D eigenvalue weighted by molar-refractivity contribution is 7.13. The Morgan fingerprint density at radius 1 is 1.42 bits per heavy atom. The summed E-state index contributed by atoms with van der Waals surface area (Å²) in [6, 6.07) is 5.18. The molecule has 0 spiro atoms. The standard InChI is InChI=1S/C16H19N3O4S/c1-3-22-13-7-5-6-11(15(13)21)9-17-19-16-18-12(10-24-16)8-14(20)23-4-2/h5-7,9-10,21H,3-4,8H2,1-2H3,(H,18,19). The van der Waals surface area contributed by atoms with Crippen molar-refractivity contribution in [1.82, 2.24) is 4.98 Å². The number of nitrogens with zero attached hydrogens (tertiary/aromatic N) is 2. The number of ether oxygens (including phenoxy) is 2. The average Bonchev–Trinajstić information content (AvgIpc) is 2.98. The van der Waals surface area contributed by atoms with Crippen molar-refractivity contribution in [2.45, 2.75) is 20.3 Å². The molecule has 0 fully saturated rings. The lowest BCUT2D eigenvalue weighted by Crippen LogP contribution is -2.07. The molecule has 2 rings (SSSR count). The normalized spacial score (nSPS) is 10.8. The van der Waals surface area contributed by atoms with Crippen LogP contribution < -0.4 is 10.2 Å². The summed E-state index contributed by atoms with van der Waals surface area (Å²) in [6.45, 7) is 4.42. The number of thiazole rings is 1. The van der Waals surface area contributed by atoms with Crippen molar-refractivity contribution < 1.29 is 19.4 Å².